The van der Waals surface area contributed by atoms with Crippen molar-refractivity contribution in [3.05, 3.63) is 70.3 Å². The Balaban J connectivity index is 1.46. The van der Waals surface area contributed by atoms with Gasteiger partial charge in [0.05, 0.1) is 24.8 Å². The first-order chi connectivity index (χ1) is 20.1. The minimum Gasteiger partial charge on any atom is -0.490 e. The predicted molar refractivity (Wildman–Crippen MR) is 160 cm³/mol. The first-order valence-electron chi connectivity index (χ1n) is 15.0. The van der Waals surface area contributed by atoms with Crippen LogP contribution in [0.1, 0.15) is 55.2 Å². The highest BCUT2D eigenvalue weighted by molar-refractivity contribution is 6.30. The van der Waals surface area contributed by atoms with E-state index in [1.165, 1.54) is 16.0 Å². The van der Waals surface area contributed by atoms with Crippen molar-refractivity contribution in [2.45, 2.75) is 62.1 Å². The van der Waals surface area contributed by atoms with Crippen LogP contribution in [0.15, 0.2) is 48.6 Å². The molecule has 224 valence electrons. The number of rotatable bonds is 1. The van der Waals surface area contributed by atoms with Crippen LogP contribution in [0.5, 0.6) is 5.75 Å². The first kappa shape index (κ1) is 29.0. The Hall–Kier alpha value is -3.07. The van der Waals surface area contributed by atoms with Crippen LogP contribution >= 0.6 is 11.6 Å². The molecule has 4 aliphatic rings. The Labute approximate surface area is 251 Å². The summed E-state index contributed by atoms with van der Waals surface area (Å²) >= 11 is 6.38. The van der Waals surface area contributed by atoms with E-state index in [0.29, 0.717) is 49.1 Å². The lowest BCUT2D eigenvalue weighted by Crippen LogP contribution is -2.49. The molecule has 3 N–H and O–H groups in total. The molecule has 0 saturated heterocycles. The van der Waals surface area contributed by atoms with E-state index in [0.717, 1.165) is 32.1 Å². The molecule has 6 rings (SSSR count). The van der Waals surface area contributed by atoms with E-state index < -0.39 is 30.0 Å². The van der Waals surface area contributed by atoms with E-state index >= 15 is 0 Å². The fraction of sp³-hybridized carbons (Fsp3) is 0.515. The summed E-state index contributed by atoms with van der Waals surface area (Å²) in [4.78, 5) is 29.3. The van der Waals surface area contributed by atoms with Crippen molar-refractivity contribution < 1.29 is 29.6 Å². The van der Waals surface area contributed by atoms with Gasteiger partial charge < -0.3 is 29.9 Å². The second-order valence-corrected chi connectivity index (χ2v) is 13.1. The Morgan fingerprint density at radius 1 is 1.17 bits per heavy atom. The number of aliphatic hydroxyl groups is 2. The van der Waals surface area contributed by atoms with E-state index in [1.54, 1.807) is 25.2 Å². The molecule has 0 aromatic heterocycles. The van der Waals surface area contributed by atoms with Gasteiger partial charge in [-0.1, -0.05) is 35.9 Å². The maximum absolute atomic E-state index is 13.1. The fourth-order valence-corrected chi connectivity index (χ4v) is 7.55. The number of hydrogen-bond donors (Lipinski definition) is 3. The van der Waals surface area contributed by atoms with E-state index in [9.17, 15) is 24.9 Å². The predicted octanol–water partition coefficient (Wildman–Crippen LogP) is 4.28. The number of carboxylic acid groups (broad SMARTS) is 1. The number of aliphatic carboxylic acids is 1. The Bertz CT molecular complexity index is 1410. The van der Waals surface area contributed by atoms with Gasteiger partial charge in [-0.15, -0.1) is 0 Å². The molecule has 2 bridgehead atoms. The van der Waals surface area contributed by atoms with E-state index in [2.05, 4.69) is 11.0 Å². The van der Waals surface area contributed by atoms with Gasteiger partial charge in [0.15, 0.2) is 5.60 Å². The van der Waals surface area contributed by atoms with Crippen molar-refractivity contribution in [3.63, 3.8) is 0 Å². The lowest BCUT2D eigenvalue weighted by Gasteiger charge is -2.45. The summed E-state index contributed by atoms with van der Waals surface area (Å²) in [5.74, 6) is -0.985. The van der Waals surface area contributed by atoms with E-state index in [4.69, 9.17) is 16.3 Å². The first-order valence-corrected chi connectivity index (χ1v) is 15.3. The number of halogens is 1. The van der Waals surface area contributed by atoms with Crippen molar-refractivity contribution in [3.8, 4) is 5.75 Å². The zero-order chi connectivity index (χ0) is 29.6. The number of benzene rings is 2. The molecule has 1 fully saturated rings. The van der Waals surface area contributed by atoms with Crippen LogP contribution in [0, 0.1) is 11.8 Å². The summed E-state index contributed by atoms with van der Waals surface area (Å²) in [5, 5.41) is 33.5. The molecule has 2 aromatic rings. The number of amides is 1. The molecule has 2 heterocycles. The average molecular weight is 595 g/mol. The largest absolute Gasteiger partial charge is 0.490 e. The molecule has 1 saturated carbocycles. The van der Waals surface area contributed by atoms with Crippen molar-refractivity contribution in [1.29, 1.82) is 0 Å². The molecular formula is C33H39ClN2O6. The summed E-state index contributed by atoms with van der Waals surface area (Å²) in [7, 11) is 1.60. The lowest BCUT2D eigenvalue weighted by molar-refractivity contribution is -0.164. The lowest BCUT2D eigenvalue weighted by atomic mass is 9.68. The van der Waals surface area contributed by atoms with Crippen LogP contribution < -0.4 is 9.64 Å². The third-order valence-electron chi connectivity index (χ3n) is 10.0. The second kappa shape index (κ2) is 11.2. The standard InChI is InChI=1S/C33H39ClN2O6/c1-35-14-3-2-6-28(37)25-10-7-22(25)18-36-19-32(13-4-5-21-15-24(34)9-11-26(21)32)20-42-29-12-8-23(16-27(29)36)33(41,31(39)40)17-30(35)38/h2,6,8-9,11-12,15-16,22,25,28,37,41H,3-5,7,10,13-14,17-20H2,1H3,(H,39,40)/b6-2+/t22-,25+,28?,32-,33-/m0/s1. The molecule has 2 aliphatic carbocycles. The number of aliphatic hydroxyl groups excluding tert-OH is 1. The molecular weight excluding hydrogens is 556 g/mol. The fourth-order valence-electron chi connectivity index (χ4n) is 7.35. The van der Waals surface area contributed by atoms with Gasteiger partial charge in [-0.05, 0) is 91.3 Å². The smallest absolute Gasteiger partial charge is 0.340 e. The monoisotopic (exact) mass is 594 g/mol. The third kappa shape index (κ3) is 5.18. The van der Waals surface area contributed by atoms with Gasteiger partial charge >= 0.3 is 5.97 Å². The highest BCUT2D eigenvalue weighted by Crippen LogP contribution is 2.47. The van der Waals surface area contributed by atoms with Crippen LogP contribution in [0.4, 0.5) is 5.69 Å². The zero-order valence-corrected chi connectivity index (χ0v) is 24.7. The van der Waals surface area contributed by atoms with Gasteiger partial charge in [0.25, 0.3) is 0 Å². The average Bonchev–Trinajstić information content (AvgIpc) is 3.09. The van der Waals surface area contributed by atoms with Crippen molar-refractivity contribution in [1.82, 2.24) is 4.90 Å². The van der Waals surface area contributed by atoms with Crippen molar-refractivity contribution in [2.75, 3.05) is 38.2 Å². The van der Waals surface area contributed by atoms with Crippen LogP contribution in [0.2, 0.25) is 5.02 Å². The molecule has 9 heteroatoms. The number of hydrogen-bond acceptors (Lipinski definition) is 6. The molecule has 0 radical (unpaired) electrons. The Morgan fingerprint density at radius 2 is 2.00 bits per heavy atom. The molecule has 8 nitrogen and oxygen atoms in total. The van der Waals surface area contributed by atoms with Gasteiger partial charge in [-0.3, -0.25) is 4.79 Å². The van der Waals surface area contributed by atoms with Crippen molar-refractivity contribution in [2.24, 2.45) is 11.8 Å². The number of fused-ring (bicyclic) bond motifs is 4. The van der Waals surface area contributed by atoms with Gasteiger partial charge in [-0.25, -0.2) is 4.79 Å². The maximum Gasteiger partial charge on any atom is 0.340 e. The molecule has 1 spiro atoms. The summed E-state index contributed by atoms with van der Waals surface area (Å²) in [6.07, 6.45) is 7.86. The molecule has 42 heavy (non-hydrogen) atoms. The number of carbonyl (C=O) groups is 2. The van der Waals surface area contributed by atoms with Gasteiger partial charge in [0, 0.05) is 37.1 Å². The molecule has 2 aliphatic heterocycles. The Morgan fingerprint density at radius 3 is 2.76 bits per heavy atom. The molecule has 5 atom stereocenters. The van der Waals surface area contributed by atoms with E-state index in [-0.39, 0.29) is 22.8 Å². The number of nitrogens with zero attached hydrogens (tertiary/aromatic N) is 2. The number of aryl methyl sites for hydroxylation is 1. The van der Waals surface area contributed by atoms with E-state index in [1.807, 2.05) is 24.3 Å². The number of carbonyl (C=O) groups excluding carboxylic acids is 1. The topological polar surface area (TPSA) is 111 Å². The summed E-state index contributed by atoms with van der Waals surface area (Å²) in [6, 6.07) is 11.1. The third-order valence-corrected chi connectivity index (χ3v) is 10.3. The van der Waals surface area contributed by atoms with Gasteiger partial charge in [0.2, 0.25) is 5.91 Å². The number of ether oxygens (including phenoxy) is 1. The maximum atomic E-state index is 13.1. The van der Waals surface area contributed by atoms with Crippen LogP contribution in [-0.2, 0) is 27.0 Å². The minimum absolute atomic E-state index is 0.105. The molecule has 2 aromatic carbocycles. The highest BCUT2D eigenvalue weighted by atomic mass is 35.5. The molecule has 1 amide bonds. The second-order valence-electron chi connectivity index (χ2n) is 12.7. The number of carboxylic acids is 1. The minimum atomic E-state index is -2.40. The quantitative estimate of drug-likeness (QED) is 0.423. The SMILES string of the molecule is CN1CC/C=C/C(O)[C@@H]2CC[C@H]2CN2C[C@@]3(CCCc4cc(Cl)ccc43)COc3ccc(cc32)[C@](O)(C(=O)O)CC1=O. The van der Waals surface area contributed by atoms with Crippen LogP contribution in [-0.4, -0.2) is 71.5 Å². The van der Waals surface area contributed by atoms with Crippen molar-refractivity contribution >= 4 is 29.2 Å². The summed E-state index contributed by atoms with van der Waals surface area (Å²) in [5.41, 5.74) is 0.594. The van der Waals surface area contributed by atoms with Gasteiger partial charge in [-0.2, -0.15) is 0 Å². The summed E-state index contributed by atoms with van der Waals surface area (Å²) < 4.78 is 6.52. The zero-order valence-electron chi connectivity index (χ0n) is 24.0. The van der Waals surface area contributed by atoms with Gasteiger partial charge in [0.1, 0.15) is 5.75 Å². The van der Waals surface area contributed by atoms with Crippen LogP contribution in [0.3, 0.4) is 0 Å². The normalized spacial score (nSPS) is 32.2. The summed E-state index contributed by atoms with van der Waals surface area (Å²) in [6.45, 7) is 2.11. The number of anilines is 1. The van der Waals surface area contributed by atoms with Crippen LogP contribution in [0.25, 0.3) is 0 Å². The highest BCUT2D eigenvalue weighted by Gasteiger charge is 2.46. The Kier molecular flexibility index (Phi) is 7.75. The molecule has 1 unspecified atom stereocenters.